The molecule has 0 atom stereocenters. The van der Waals surface area contributed by atoms with E-state index in [4.69, 9.17) is 9.84 Å². The number of methoxy groups -OCH3 is 1. The molecule has 3 aromatic rings. The summed E-state index contributed by atoms with van der Waals surface area (Å²) in [6.45, 7) is 1.71. The average molecular weight is 358 g/mol. The van der Waals surface area contributed by atoms with E-state index in [0.717, 1.165) is 0 Å². The van der Waals surface area contributed by atoms with Crippen LogP contribution in [0, 0.1) is 6.92 Å². The standard InChI is InChI=1S/C16H14N4O6/c1-8-12(26-16(24)25-2)6-20-13(8)14(17-7-18-20)19-9-3-4-11(21)10(5-9)15(22)23/h3-7,21H,1-2H3,(H,22,23)(H,17,18,19). The number of anilines is 2. The Morgan fingerprint density at radius 2 is 2.08 bits per heavy atom. The monoisotopic (exact) mass is 358 g/mol. The molecule has 0 aliphatic rings. The first-order chi connectivity index (χ1) is 12.4. The summed E-state index contributed by atoms with van der Waals surface area (Å²) in [5.74, 6) is -0.994. The van der Waals surface area contributed by atoms with Crippen molar-refractivity contribution in [3.8, 4) is 11.5 Å². The summed E-state index contributed by atoms with van der Waals surface area (Å²) in [4.78, 5) is 26.6. The number of carbonyl (C=O) groups is 2. The van der Waals surface area contributed by atoms with Gasteiger partial charge in [-0.05, 0) is 25.1 Å². The van der Waals surface area contributed by atoms with Crippen LogP contribution < -0.4 is 10.1 Å². The molecule has 0 amide bonds. The van der Waals surface area contributed by atoms with Gasteiger partial charge in [0.15, 0.2) is 11.6 Å². The maximum absolute atomic E-state index is 11.3. The third kappa shape index (κ3) is 3.07. The molecule has 1 aromatic carbocycles. The summed E-state index contributed by atoms with van der Waals surface area (Å²) < 4.78 is 11.0. The number of ether oxygens (including phenoxy) is 2. The molecule has 0 aliphatic carbocycles. The first kappa shape index (κ1) is 17.0. The fourth-order valence-corrected chi connectivity index (χ4v) is 2.39. The number of hydrogen-bond donors (Lipinski definition) is 3. The number of nitrogens with one attached hydrogen (secondary N) is 1. The van der Waals surface area contributed by atoms with Gasteiger partial charge >= 0.3 is 12.1 Å². The molecule has 0 saturated carbocycles. The first-order valence-corrected chi connectivity index (χ1v) is 7.32. The van der Waals surface area contributed by atoms with Gasteiger partial charge in [-0.15, -0.1) is 0 Å². The Hall–Kier alpha value is -3.82. The van der Waals surface area contributed by atoms with Crippen molar-refractivity contribution in [3.63, 3.8) is 0 Å². The van der Waals surface area contributed by atoms with Gasteiger partial charge in [0.1, 0.15) is 23.2 Å². The minimum Gasteiger partial charge on any atom is -0.507 e. The number of carboxylic acid groups (broad SMARTS) is 1. The van der Waals surface area contributed by atoms with Gasteiger partial charge in [-0.25, -0.2) is 19.1 Å². The molecule has 2 aromatic heterocycles. The smallest absolute Gasteiger partial charge is 0.507 e. The number of hydrogen-bond acceptors (Lipinski definition) is 8. The molecule has 2 heterocycles. The van der Waals surface area contributed by atoms with E-state index < -0.39 is 12.1 Å². The van der Waals surface area contributed by atoms with Crippen LogP contribution in [0.3, 0.4) is 0 Å². The highest BCUT2D eigenvalue weighted by Gasteiger charge is 2.17. The number of aromatic hydroxyl groups is 1. The van der Waals surface area contributed by atoms with Gasteiger partial charge in [-0.1, -0.05) is 0 Å². The van der Waals surface area contributed by atoms with E-state index in [1.807, 2.05) is 0 Å². The van der Waals surface area contributed by atoms with Gasteiger partial charge in [0.25, 0.3) is 0 Å². The molecule has 0 aliphatic heterocycles. The number of aromatic carboxylic acids is 1. The number of nitrogens with zero attached hydrogens (tertiary/aromatic N) is 3. The second-order valence-corrected chi connectivity index (χ2v) is 5.24. The third-order valence-corrected chi connectivity index (χ3v) is 3.63. The summed E-state index contributed by atoms with van der Waals surface area (Å²) in [5, 5.41) is 25.7. The SMILES string of the molecule is COC(=O)Oc1cn2ncnc(Nc3ccc(O)c(C(=O)O)c3)c2c1C. The molecule has 26 heavy (non-hydrogen) atoms. The normalized spacial score (nSPS) is 10.5. The zero-order chi connectivity index (χ0) is 18.8. The van der Waals surface area contributed by atoms with Crippen LogP contribution in [0.1, 0.15) is 15.9 Å². The van der Waals surface area contributed by atoms with Crippen molar-refractivity contribution < 1.29 is 29.3 Å². The number of carboxylic acids is 1. The largest absolute Gasteiger partial charge is 0.513 e. The minimum absolute atomic E-state index is 0.248. The lowest BCUT2D eigenvalue weighted by Gasteiger charge is -2.09. The highest BCUT2D eigenvalue weighted by Crippen LogP contribution is 2.31. The van der Waals surface area contributed by atoms with Crippen molar-refractivity contribution in [1.29, 1.82) is 0 Å². The van der Waals surface area contributed by atoms with Gasteiger partial charge in [0.2, 0.25) is 0 Å². The van der Waals surface area contributed by atoms with E-state index in [-0.39, 0.29) is 17.1 Å². The molecule has 10 nitrogen and oxygen atoms in total. The van der Waals surface area contributed by atoms with Gasteiger partial charge in [-0.2, -0.15) is 5.10 Å². The van der Waals surface area contributed by atoms with Crippen molar-refractivity contribution in [2.45, 2.75) is 6.92 Å². The summed E-state index contributed by atoms with van der Waals surface area (Å²) in [6.07, 6.45) is 1.92. The predicted molar refractivity (Wildman–Crippen MR) is 89.1 cm³/mol. The van der Waals surface area contributed by atoms with E-state index in [0.29, 0.717) is 22.6 Å². The summed E-state index contributed by atoms with van der Waals surface area (Å²) in [7, 11) is 1.20. The van der Waals surface area contributed by atoms with Crippen LogP contribution in [-0.4, -0.2) is 44.0 Å². The number of benzene rings is 1. The fourth-order valence-electron chi connectivity index (χ4n) is 2.39. The topological polar surface area (TPSA) is 135 Å². The molecular weight excluding hydrogens is 344 g/mol. The van der Waals surface area contributed by atoms with Gasteiger partial charge in [0.05, 0.1) is 13.3 Å². The van der Waals surface area contributed by atoms with Crippen molar-refractivity contribution >= 4 is 29.1 Å². The Morgan fingerprint density at radius 1 is 1.31 bits per heavy atom. The third-order valence-electron chi connectivity index (χ3n) is 3.63. The fraction of sp³-hybridized carbons (Fsp3) is 0.125. The summed E-state index contributed by atoms with van der Waals surface area (Å²) in [5.41, 5.74) is 1.26. The van der Waals surface area contributed by atoms with Gasteiger partial charge < -0.3 is 25.0 Å². The highest BCUT2D eigenvalue weighted by atomic mass is 16.7. The second kappa shape index (κ2) is 6.59. The molecule has 0 radical (unpaired) electrons. The van der Waals surface area contributed by atoms with Gasteiger partial charge in [0, 0.05) is 11.3 Å². The molecule has 134 valence electrons. The van der Waals surface area contributed by atoms with Crippen molar-refractivity contribution in [3.05, 3.63) is 41.9 Å². The maximum atomic E-state index is 11.3. The molecule has 3 rings (SSSR count). The lowest BCUT2D eigenvalue weighted by atomic mass is 10.1. The van der Waals surface area contributed by atoms with E-state index in [1.165, 1.54) is 42.3 Å². The Morgan fingerprint density at radius 3 is 2.77 bits per heavy atom. The molecular formula is C16H14N4O6. The summed E-state index contributed by atoms with van der Waals surface area (Å²) >= 11 is 0. The Balaban J connectivity index is 2.02. The van der Waals surface area contributed by atoms with Crippen LogP contribution in [0.2, 0.25) is 0 Å². The minimum atomic E-state index is -1.26. The zero-order valence-electron chi connectivity index (χ0n) is 13.8. The molecule has 0 saturated heterocycles. The lowest BCUT2D eigenvalue weighted by Crippen LogP contribution is -2.07. The van der Waals surface area contributed by atoms with Crippen LogP contribution in [0.4, 0.5) is 16.3 Å². The first-order valence-electron chi connectivity index (χ1n) is 7.32. The van der Waals surface area contributed by atoms with Crippen LogP contribution in [0.5, 0.6) is 11.5 Å². The number of carbonyl (C=O) groups excluding carboxylic acids is 1. The van der Waals surface area contributed by atoms with E-state index in [1.54, 1.807) is 6.92 Å². The van der Waals surface area contributed by atoms with E-state index in [9.17, 15) is 14.7 Å². The number of rotatable bonds is 4. The van der Waals surface area contributed by atoms with Crippen molar-refractivity contribution in [2.24, 2.45) is 0 Å². The summed E-state index contributed by atoms with van der Waals surface area (Å²) in [6, 6.07) is 4.05. The number of fused-ring (bicyclic) bond motifs is 1. The van der Waals surface area contributed by atoms with Crippen LogP contribution >= 0.6 is 0 Å². The van der Waals surface area contributed by atoms with Gasteiger partial charge in [-0.3, -0.25) is 0 Å². The second-order valence-electron chi connectivity index (χ2n) is 5.24. The average Bonchev–Trinajstić information content (AvgIpc) is 2.93. The van der Waals surface area contributed by atoms with Crippen LogP contribution in [0.15, 0.2) is 30.7 Å². The zero-order valence-corrected chi connectivity index (χ0v) is 13.8. The Bertz CT molecular complexity index is 1010. The predicted octanol–water partition coefficient (Wildman–Crippen LogP) is 2.33. The molecule has 0 unspecified atom stereocenters. The maximum Gasteiger partial charge on any atom is 0.513 e. The molecule has 0 bridgehead atoms. The molecule has 0 fully saturated rings. The van der Waals surface area contributed by atoms with E-state index >= 15 is 0 Å². The number of phenols is 1. The Labute approximate surface area is 146 Å². The Kier molecular flexibility index (Phi) is 4.31. The molecule has 3 N–H and O–H groups in total. The lowest BCUT2D eigenvalue weighted by molar-refractivity contribution is 0.0693. The van der Waals surface area contributed by atoms with E-state index in [2.05, 4.69) is 20.1 Å². The van der Waals surface area contributed by atoms with Crippen LogP contribution in [0.25, 0.3) is 5.52 Å². The number of aryl methyl sites for hydroxylation is 1. The number of aromatic nitrogens is 3. The molecule has 0 spiro atoms. The van der Waals surface area contributed by atoms with Crippen LogP contribution in [-0.2, 0) is 4.74 Å². The van der Waals surface area contributed by atoms with Crippen molar-refractivity contribution in [2.75, 3.05) is 12.4 Å². The quantitative estimate of drug-likeness (QED) is 0.474. The molecule has 10 heteroatoms. The van der Waals surface area contributed by atoms with Crippen molar-refractivity contribution in [1.82, 2.24) is 14.6 Å². The highest BCUT2D eigenvalue weighted by molar-refractivity contribution is 5.92.